The number of amides is 1. The van der Waals surface area contributed by atoms with Crippen molar-refractivity contribution < 1.29 is 9.53 Å². The molecule has 2 heterocycles. The molecule has 32 heavy (non-hydrogen) atoms. The second kappa shape index (κ2) is 9.09. The molecule has 0 aliphatic carbocycles. The third-order valence-electron chi connectivity index (χ3n) is 5.30. The van der Waals surface area contributed by atoms with E-state index in [1.54, 1.807) is 12.1 Å². The Bertz CT molecular complexity index is 1230. The normalized spacial score (nSPS) is 12.5. The van der Waals surface area contributed by atoms with Crippen molar-refractivity contribution in [3.05, 3.63) is 74.8 Å². The number of aromatic nitrogens is 3. The minimum Gasteiger partial charge on any atom is -0.494 e. The molecule has 0 saturated heterocycles. The summed E-state index contributed by atoms with van der Waals surface area (Å²) in [6.45, 7) is 5.02. The van der Waals surface area contributed by atoms with Gasteiger partial charge in [-0.1, -0.05) is 19.1 Å². The maximum atomic E-state index is 12.6. The molecular weight excluding hydrogens is 410 g/mol. The van der Waals surface area contributed by atoms with Gasteiger partial charge in [0.1, 0.15) is 12.3 Å². The van der Waals surface area contributed by atoms with Gasteiger partial charge in [-0.25, -0.2) is 4.68 Å². The number of carbonyl (C=O) groups excluding carboxylic acids is 1. The highest BCUT2D eigenvalue weighted by Crippen LogP contribution is 2.28. The van der Waals surface area contributed by atoms with Crippen LogP contribution in [0.5, 0.6) is 5.75 Å². The quantitative estimate of drug-likeness (QED) is 0.571. The molecule has 3 aromatic rings. The molecule has 0 radical (unpaired) electrons. The smallest absolute Gasteiger partial charge is 0.333 e. The summed E-state index contributed by atoms with van der Waals surface area (Å²) in [5.74, 6) is 0.645. The van der Waals surface area contributed by atoms with Gasteiger partial charge in [-0.05, 0) is 55.3 Å². The van der Waals surface area contributed by atoms with Crippen LogP contribution in [0.25, 0.3) is 0 Å². The lowest BCUT2D eigenvalue weighted by molar-refractivity contribution is -0.117. The van der Waals surface area contributed by atoms with Gasteiger partial charge >= 0.3 is 11.1 Å². The number of carbonyl (C=O) groups is 1. The molecule has 9 heteroatoms. The summed E-state index contributed by atoms with van der Waals surface area (Å²) in [7, 11) is 0. The Balaban J connectivity index is 1.57. The third-order valence-corrected chi connectivity index (χ3v) is 5.30. The second-order valence-corrected chi connectivity index (χ2v) is 7.40. The molecule has 166 valence electrons. The van der Waals surface area contributed by atoms with E-state index in [1.165, 1.54) is 4.57 Å². The summed E-state index contributed by atoms with van der Waals surface area (Å²) in [5.41, 5.74) is 1.08. The minimum atomic E-state index is -0.821. The first-order valence-corrected chi connectivity index (χ1v) is 10.6. The molecule has 2 aromatic carbocycles. The van der Waals surface area contributed by atoms with E-state index in [0.29, 0.717) is 31.3 Å². The first-order chi connectivity index (χ1) is 15.5. The molecule has 1 aliphatic heterocycles. The number of hydrogen-bond acceptors (Lipinski definition) is 6. The number of rotatable bonds is 7. The average Bonchev–Trinajstić information content (AvgIpc) is 3.22. The van der Waals surface area contributed by atoms with E-state index in [0.717, 1.165) is 28.1 Å². The molecule has 0 fully saturated rings. The van der Waals surface area contributed by atoms with Crippen LogP contribution in [0.3, 0.4) is 0 Å². The number of hydrogen-bond donors (Lipinski definition) is 1. The molecule has 0 bridgehead atoms. The van der Waals surface area contributed by atoms with Crippen molar-refractivity contribution in [3.63, 3.8) is 0 Å². The van der Waals surface area contributed by atoms with E-state index in [9.17, 15) is 14.4 Å². The highest BCUT2D eigenvalue weighted by atomic mass is 16.5. The van der Waals surface area contributed by atoms with Crippen molar-refractivity contribution in [2.75, 3.05) is 23.4 Å². The van der Waals surface area contributed by atoms with Crippen molar-refractivity contribution >= 4 is 23.2 Å². The van der Waals surface area contributed by atoms with Crippen LogP contribution in [0, 0.1) is 0 Å². The summed E-state index contributed by atoms with van der Waals surface area (Å²) in [5, 5.41) is 7.08. The predicted octanol–water partition coefficient (Wildman–Crippen LogP) is 2.16. The second-order valence-electron chi connectivity index (χ2n) is 7.40. The summed E-state index contributed by atoms with van der Waals surface area (Å²) in [4.78, 5) is 39.5. The Labute approximate surface area is 184 Å². The van der Waals surface area contributed by atoms with Gasteiger partial charge in [0.15, 0.2) is 0 Å². The summed E-state index contributed by atoms with van der Waals surface area (Å²) in [6.07, 6.45) is 0.900. The van der Waals surface area contributed by atoms with E-state index < -0.39 is 17.0 Å². The van der Waals surface area contributed by atoms with E-state index in [-0.39, 0.29) is 6.54 Å². The zero-order valence-electron chi connectivity index (χ0n) is 18.1. The first-order valence-electron chi connectivity index (χ1n) is 10.6. The zero-order chi connectivity index (χ0) is 22.7. The molecule has 1 aromatic heterocycles. The maximum absolute atomic E-state index is 12.6. The molecule has 0 spiro atoms. The van der Waals surface area contributed by atoms with Crippen molar-refractivity contribution in [1.29, 1.82) is 0 Å². The maximum Gasteiger partial charge on any atom is 0.333 e. The number of nitrogens with zero attached hydrogens (tertiary/aromatic N) is 4. The largest absolute Gasteiger partial charge is 0.494 e. The third kappa shape index (κ3) is 4.27. The van der Waals surface area contributed by atoms with Crippen LogP contribution in [0.15, 0.2) is 58.1 Å². The summed E-state index contributed by atoms with van der Waals surface area (Å²) in [6, 6.07) is 14.9. The lowest BCUT2D eigenvalue weighted by Gasteiger charge is -2.18. The van der Waals surface area contributed by atoms with Gasteiger partial charge in [0.05, 0.1) is 6.61 Å². The number of benzene rings is 2. The van der Waals surface area contributed by atoms with Crippen LogP contribution < -0.4 is 26.1 Å². The van der Waals surface area contributed by atoms with Gasteiger partial charge in [0.2, 0.25) is 11.9 Å². The highest BCUT2D eigenvalue weighted by molar-refractivity contribution is 5.90. The van der Waals surface area contributed by atoms with Crippen LogP contribution in [0.2, 0.25) is 0 Å². The van der Waals surface area contributed by atoms with Crippen molar-refractivity contribution in [3.8, 4) is 5.75 Å². The Kier molecular flexibility index (Phi) is 6.07. The van der Waals surface area contributed by atoms with Crippen LogP contribution in [0.4, 0.5) is 17.3 Å². The molecule has 0 saturated carbocycles. The van der Waals surface area contributed by atoms with E-state index in [1.807, 2.05) is 48.2 Å². The van der Waals surface area contributed by atoms with E-state index in [4.69, 9.17) is 4.74 Å². The number of anilines is 3. The molecule has 1 amide bonds. The van der Waals surface area contributed by atoms with Gasteiger partial charge in [-0.2, -0.15) is 0 Å². The molecule has 4 rings (SSSR count). The van der Waals surface area contributed by atoms with Crippen molar-refractivity contribution in [1.82, 2.24) is 14.3 Å². The topological polar surface area (TPSA) is 98.5 Å². The molecule has 0 atom stereocenters. The SMILES string of the molecule is CCOc1ccc(N2CCn3c2nn(CC(=O)Nc2ccc(CC)cc2)c(=O)c3=O)cc1. The molecular formula is C23H25N5O4. The number of aryl methyl sites for hydroxylation is 1. The average molecular weight is 435 g/mol. The van der Waals surface area contributed by atoms with Gasteiger partial charge in [-0.15, -0.1) is 5.10 Å². The van der Waals surface area contributed by atoms with Crippen molar-refractivity contribution in [2.45, 2.75) is 33.4 Å². The summed E-state index contributed by atoms with van der Waals surface area (Å²) < 4.78 is 7.74. The molecule has 9 nitrogen and oxygen atoms in total. The van der Waals surface area contributed by atoms with Gasteiger partial charge in [-0.3, -0.25) is 19.0 Å². The fourth-order valence-electron chi connectivity index (χ4n) is 3.63. The van der Waals surface area contributed by atoms with Crippen LogP contribution in [-0.2, 0) is 24.3 Å². The van der Waals surface area contributed by atoms with Crippen LogP contribution >= 0.6 is 0 Å². The van der Waals surface area contributed by atoms with Gasteiger partial charge in [0, 0.05) is 24.5 Å². The molecule has 0 unspecified atom stereocenters. The fourth-order valence-corrected chi connectivity index (χ4v) is 3.63. The number of ether oxygens (including phenoxy) is 1. The number of nitrogens with one attached hydrogen (secondary N) is 1. The Morgan fingerprint density at radius 1 is 1.00 bits per heavy atom. The fraction of sp³-hybridized carbons (Fsp3) is 0.304. The Hall–Kier alpha value is -3.88. The van der Waals surface area contributed by atoms with Gasteiger partial charge in [0.25, 0.3) is 0 Å². The van der Waals surface area contributed by atoms with Gasteiger partial charge < -0.3 is 15.0 Å². The van der Waals surface area contributed by atoms with Crippen molar-refractivity contribution in [2.24, 2.45) is 0 Å². The highest BCUT2D eigenvalue weighted by Gasteiger charge is 2.26. The van der Waals surface area contributed by atoms with E-state index in [2.05, 4.69) is 17.3 Å². The number of fused-ring (bicyclic) bond motifs is 1. The molecule has 1 aliphatic rings. The monoisotopic (exact) mass is 435 g/mol. The molecule has 1 N–H and O–H groups in total. The predicted molar refractivity (Wildman–Crippen MR) is 122 cm³/mol. The lowest BCUT2D eigenvalue weighted by atomic mass is 10.1. The van der Waals surface area contributed by atoms with Crippen LogP contribution in [0.1, 0.15) is 19.4 Å². The Morgan fingerprint density at radius 3 is 2.38 bits per heavy atom. The van der Waals surface area contributed by atoms with Crippen LogP contribution in [-0.4, -0.2) is 33.4 Å². The minimum absolute atomic E-state index is 0.332. The van der Waals surface area contributed by atoms with E-state index >= 15 is 0 Å². The summed E-state index contributed by atoms with van der Waals surface area (Å²) >= 11 is 0. The first kappa shape index (κ1) is 21.4. The standard InChI is InChI=1S/C23H25N5O4/c1-3-16-5-7-17(8-6-16)24-20(29)15-28-22(31)21(30)27-14-13-26(23(27)25-28)18-9-11-19(12-10-18)32-4-2/h5-12H,3-4,13-15H2,1-2H3,(H,24,29). The lowest BCUT2D eigenvalue weighted by Crippen LogP contribution is -2.44. The Morgan fingerprint density at radius 2 is 1.72 bits per heavy atom. The zero-order valence-corrected chi connectivity index (χ0v) is 18.1.